The molecule has 1 aliphatic rings. The predicted octanol–water partition coefficient (Wildman–Crippen LogP) is 7.11. The Kier molecular flexibility index (Phi) is 5.98. The van der Waals surface area contributed by atoms with Crippen molar-refractivity contribution in [1.29, 1.82) is 0 Å². The lowest BCUT2D eigenvalue weighted by Crippen LogP contribution is -2.29. The summed E-state index contributed by atoms with van der Waals surface area (Å²) >= 11 is 0. The molecule has 1 aliphatic carbocycles. The third-order valence-electron chi connectivity index (χ3n) is 4.85. The summed E-state index contributed by atoms with van der Waals surface area (Å²) in [7, 11) is 0. The Morgan fingerprint density at radius 2 is 1.92 bits per heavy atom. The Morgan fingerprint density at radius 1 is 1.20 bits per heavy atom. The molecule has 0 spiro atoms. The molecule has 0 N–H and O–H groups in total. The van der Waals surface area contributed by atoms with E-state index in [-0.39, 0.29) is 5.41 Å². The Morgan fingerprint density at radius 3 is 2.52 bits per heavy atom. The van der Waals surface area contributed by atoms with Crippen LogP contribution >= 0.6 is 0 Å². The first-order chi connectivity index (χ1) is 12.1. The van der Waals surface area contributed by atoms with Crippen LogP contribution < -0.4 is 0 Å². The number of allylic oxidation sites excluding steroid dienone is 11. The number of hydrogen-bond donors (Lipinski definition) is 0. The van der Waals surface area contributed by atoms with Gasteiger partial charge in [0.2, 0.25) is 0 Å². The highest BCUT2D eigenvalue weighted by Gasteiger charge is 2.45. The van der Waals surface area contributed by atoms with Crippen LogP contribution in [0.4, 0.5) is 0 Å². The van der Waals surface area contributed by atoms with Gasteiger partial charge < -0.3 is 0 Å². The third kappa shape index (κ3) is 2.93. The predicted molar refractivity (Wildman–Crippen MR) is 113 cm³/mol. The van der Waals surface area contributed by atoms with Gasteiger partial charge in [0.1, 0.15) is 0 Å². The van der Waals surface area contributed by atoms with E-state index >= 15 is 0 Å². The summed E-state index contributed by atoms with van der Waals surface area (Å²) in [5, 5.41) is 0. The van der Waals surface area contributed by atoms with Crippen molar-refractivity contribution in [3.8, 4) is 0 Å². The van der Waals surface area contributed by atoms with Crippen molar-refractivity contribution < 1.29 is 0 Å². The van der Waals surface area contributed by atoms with Crippen LogP contribution in [0.25, 0.3) is 5.57 Å². The summed E-state index contributed by atoms with van der Waals surface area (Å²) in [5.41, 5.74) is 6.80. The van der Waals surface area contributed by atoms with Crippen LogP contribution in [0.15, 0.2) is 103 Å². The molecular weight excluding hydrogens is 300 g/mol. The van der Waals surface area contributed by atoms with Crippen LogP contribution in [0, 0.1) is 0 Å². The van der Waals surface area contributed by atoms with Crippen molar-refractivity contribution in [2.45, 2.75) is 32.6 Å². The van der Waals surface area contributed by atoms with Crippen molar-refractivity contribution in [3.05, 3.63) is 114 Å². The fourth-order valence-electron chi connectivity index (χ4n) is 3.85. The molecule has 1 aromatic carbocycles. The van der Waals surface area contributed by atoms with Gasteiger partial charge in [-0.1, -0.05) is 99.0 Å². The molecule has 0 radical (unpaired) electrons. The molecule has 0 nitrogen and oxygen atoms in total. The Hall–Kier alpha value is -2.60. The number of benzene rings is 1. The maximum Gasteiger partial charge on any atom is 0.0667 e. The summed E-state index contributed by atoms with van der Waals surface area (Å²) in [6, 6.07) is 8.57. The van der Waals surface area contributed by atoms with Crippen molar-refractivity contribution in [2.24, 2.45) is 0 Å². The van der Waals surface area contributed by atoms with E-state index in [2.05, 4.69) is 95.2 Å². The first-order valence-corrected chi connectivity index (χ1v) is 8.84. The Bertz CT molecular complexity index is 808. The van der Waals surface area contributed by atoms with Gasteiger partial charge in [0.15, 0.2) is 0 Å². The lowest BCUT2D eigenvalue weighted by Gasteiger charge is -2.35. The molecule has 1 atom stereocenters. The highest BCUT2D eigenvalue weighted by Crippen LogP contribution is 2.55. The van der Waals surface area contributed by atoms with E-state index < -0.39 is 0 Å². The van der Waals surface area contributed by atoms with Crippen molar-refractivity contribution in [2.75, 3.05) is 0 Å². The molecular formula is C25H28. The van der Waals surface area contributed by atoms with Crippen LogP contribution in [-0.4, -0.2) is 0 Å². The van der Waals surface area contributed by atoms with Crippen molar-refractivity contribution in [3.63, 3.8) is 0 Å². The van der Waals surface area contributed by atoms with Gasteiger partial charge in [-0.25, -0.2) is 0 Å². The summed E-state index contributed by atoms with van der Waals surface area (Å²) in [6.07, 6.45) is 15.5. The highest BCUT2D eigenvalue weighted by molar-refractivity contribution is 5.91. The van der Waals surface area contributed by atoms with Crippen LogP contribution in [0.5, 0.6) is 0 Å². The monoisotopic (exact) mass is 328 g/mol. The van der Waals surface area contributed by atoms with Gasteiger partial charge in [-0.15, -0.1) is 0 Å². The second kappa shape index (κ2) is 7.98. The summed E-state index contributed by atoms with van der Waals surface area (Å²) in [6.45, 7) is 18.8. The molecule has 1 unspecified atom stereocenters. The molecule has 0 aromatic heterocycles. The van der Waals surface area contributed by atoms with E-state index in [1.165, 1.54) is 27.8 Å². The number of rotatable bonds is 7. The number of fused-ring (bicyclic) bond motifs is 1. The van der Waals surface area contributed by atoms with Gasteiger partial charge in [-0.3, -0.25) is 0 Å². The molecule has 0 aliphatic heterocycles. The topological polar surface area (TPSA) is 0 Å². The minimum Gasteiger partial charge on any atom is -0.0991 e. The average Bonchev–Trinajstić information content (AvgIpc) is 2.90. The maximum absolute atomic E-state index is 4.49. The molecule has 0 fully saturated rings. The second-order valence-corrected chi connectivity index (χ2v) is 6.25. The average molecular weight is 328 g/mol. The Balaban J connectivity index is 2.97. The minimum absolute atomic E-state index is 0.382. The van der Waals surface area contributed by atoms with Crippen molar-refractivity contribution in [1.82, 2.24) is 0 Å². The van der Waals surface area contributed by atoms with E-state index in [1.54, 1.807) is 0 Å². The van der Waals surface area contributed by atoms with Gasteiger partial charge in [-0.05, 0) is 48.1 Å². The quantitative estimate of drug-likeness (QED) is 0.468. The van der Waals surface area contributed by atoms with E-state index in [0.717, 1.165) is 12.0 Å². The van der Waals surface area contributed by atoms with Crippen molar-refractivity contribution >= 4 is 5.57 Å². The summed E-state index contributed by atoms with van der Waals surface area (Å²) < 4.78 is 0. The van der Waals surface area contributed by atoms with Crippen LogP contribution in [-0.2, 0) is 5.41 Å². The first-order valence-electron chi connectivity index (χ1n) is 8.84. The molecule has 2 rings (SSSR count). The minimum atomic E-state index is -0.382. The zero-order valence-corrected chi connectivity index (χ0v) is 15.7. The Labute approximate surface area is 153 Å². The highest BCUT2D eigenvalue weighted by atomic mass is 14.5. The third-order valence-corrected chi connectivity index (χ3v) is 4.85. The molecule has 0 heteroatoms. The maximum atomic E-state index is 4.49. The van der Waals surface area contributed by atoms with Crippen LogP contribution in [0.1, 0.15) is 38.3 Å². The lowest BCUT2D eigenvalue weighted by atomic mass is 9.66. The molecule has 128 valence electrons. The van der Waals surface area contributed by atoms with E-state index in [0.29, 0.717) is 0 Å². The number of hydrogen-bond acceptors (Lipinski definition) is 0. The normalized spacial score (nSPS) is 20.4. The fraction of sp³-hybridized carbons (Fsp3) is 0.200. The fourth-order valence-corrected chi connectivity index (χ4v) is 3.85. The smallest absolute Gasteiger partial charge is 0.0667 e. The van der Waals surface area contributed by atoms with Gasteiger partial charge in [0.05, 0.1) is 5.41 Å². The standard InChI is InChI=1S/C25H28/c1-7-11-16-20(6)25(19(5)14-8-2)23(15-9-3)21(10-4)22-17-12-13-18-24(22)25/h8-18H,2,4,6-7H2,1,3,5H3/b15-9-,16-11-,19-14+. The molecule has 0 saturated heterocycles. The van der Waals surface area contributed by atoms with Crippen LogP contribution in [0.2, 0.25) is 0 Å². The van der Waals surface area contributed by atoms with Crippen LogP contribution in [0.3, 0.4) is 0 Å². The summed E-state index contributed by atoms with van der Waals surface area (Å²) in [5.74, 6) is 0. The van der Waals surface area contributed by atoms with Gasteiger partial charge >= 0.3 is 0 Å². The molecule has 25 heavy (non-hydrogen) atoms. The van der Waals surface area contributed by atoms with Gasteiger partial charge in [-0.2, -0.15) is 0 Å². The zero-order chi connectivity index (χ0) is 18.4. The lowest BCUT2D eigenvalue weighted by molar-refractivity contribution is 0.740. The first kappa shape index (κ1) is 18.7. The molecule has 0 amide bonds. The second-order valence-electron chi connectivity index (χ2n) is 6.25. The molecule has 0 heterocycles. The molecule has 1 aromatic rings. The van der Waals surface area contributed by atoms with Gasteiger partial charge in [0.25, 0.3) is 0 Å². The largest absolute Gasteiger partial charge is 0.0991 e. The molecule has 0 bridgehead atoms. The SMILES string of the molecule is C=C/C=C(\C)C1(C(=C)/C=C\CC)C(/C=C\C)=C(C=C)c2ccccc21. The van der Waals surface area contributed by atoms with E-state index in [1.807, 2.05) is 12.2 Å². The van der Waals surface area contributed by atoms with E-state index in [4.69, 9.17) is 0 Å². The summed E-state index contributed by atoms with van der Waals surface area (Å²) in [4.78, 5) is 0. The zero-order valence-electron chi connectivity index (χ0n) is 15.7. The van der Waals surface area contributed by atoms with Gasteiger partial charge in [0, 0.05) is 0 Å². The van der Waals surface area contributed by atoms with E-state index in [9.17, 15) is 0 Å². The molecule has 0 saturated carbocycles.